The Labute approximate surface area is 67.9 Å². The van der Waals surface area contributed by atoms with Crippen LogP contribution in [0.1, 0.15) is 26.2 Å². The number of hydrogen-bond acceptors (Lipinski definition) is 2. The van der Waals surface area contributed by atoms with Gasteiger partial charge in [0.1, 0.15) is 5.55 Å². The Balaban J connectivity index is 0. The molecule has 0 saturated heterocycles. The highest BCUT2D eigenvalue weighted by molar-refractivity contribution is 7.80. The molecule has 0 heterocycles. The van der Waals surface area contributed by atoms with Gasteiger partial charge in [-0.1, -0.05) is 19.8 Å². The minimum atomic E-state index is 0.583. The molecule has 0 aromatic heterocycles. The maximum absolute atomic E-state index is 7.26. The highest BCUT2D eigenvalue weighted by atomic mass is 32.1. The van der Waals surface area contributed by atoms with E-state index >= 15 is 0 Å². The molecule has 0 fully saturated rings. The van der Waals surface area contributed by atoms with Crippen LogP contribution in [0.15, 0.2) is 0 Å². The van der Waals surface area contributed by atoms with Crippen LogP contribution in [0.5, 0.6) is 0 Å². The number of aliphatic hydroxyl groups excluding tert-OH is 1. The molecule has 9 heavy (non-hydrogen) atoms. The third-order valence-electron chi connectivity index (χ3n) is 0.762. The average Bonchev–Trinajstić information content (AvgIpc) is 1.86. The first-order valence-electron chi connectivity index (χ1n) is 3.02. The zero-order valence-corrected chi connectivity index (χ0v) is 7.42. The molecule has 0 aromatic rings. The Morgan fingerprint density at radius 3 is 2.11 bits per heavy atom. The lowest BCUT2D eigenvalue weighted by molar-refractivity contribution is 0.594. The smallest absolute Gasteiger partial charge is 0.142 e. The van der Waals surface area contributed by atoms with Gasteiger partial charge in [-0.3, -0.25) is 0 Å². The summed E-state index contributed by atoms with van der Waals surface area (Å²) in [4.78, 5) is 0. The van der Waals surface area contributed by atoms with E-state index < -0.39 is 0 Å². The van der Waals surface area contributed by atoms with Crippen molar-refractivity contribution in [1.82, 2.24) is 0 Å². The fourth-order valence-electron chi connectivity index (χ4n) is 0.362. The predicted molar refractivity (Wildman–Crippen MR) is 49.7 cm³/mol. The van der Waals surface area contributed by atoms with Crippen LogP contribution in [-0.4, -0.2) is 16.4 Å². The molecule has 0 atom stereocenters. The van der Waals surface area contributed by atoms with Gasteiger partial charge < -0.3 is 5.11 Å². The predicted octanol–water partition coefficient (Wildman–Crippen LogP) is 2.61. The molecule has 0 aromatic carbocycles. The maximum Gasteiger partial charge on any atom is 0.142 e. The first-order valence-corrected chi connectivity index (χ1v) is 4.12. The van der Waals surface area contributed by atoms with Crippen LogP contribution in [0.4, 0.5) is 0 Å². The number of hydrogen-bond donors (Lipinski definition) is 2. The van der Waals surface area contributed by atoms with Crippen molar-refractivity contribution in [2.75, 3.05) is 5.75 Å². The van der Waals surface area contributed by atoms with Gasteiger partial charge >= 0.3 is 0 Å². The second-order valence-electron chi connectivity index (χ2n) is 1.54. The van der Waals surface area contributed by atoms with Crippen molar-refractivity contribution >= 4 is 30.4 Å². The Bertz CT molecular complexity index is 44.3. The van der Waals surface area contributed by atoms with Crippen molar-refractivity contribution in [3.05, 3.63) is 0 Å². The summed E-state index contributed by atoms with van der Waals surface area (Å²) < 4.78 is 0. The van der Waals surface area contributed by atoms with Gasteiger partial charge in [0.15, 0.2) is 0 Å². The lowest BCUT2D eigenvalue weighted by atomic mass is 10.3. The molecule has 0 bridgehead atoms. The summed E-state index contributed by atoms with van der Waals surface area (Å²) in [5.74, 6) is 1.05. The number of unbranched alkanes of at least 4 members (excludes halogenated alkanes) is 2. The second kappa shape index (κ2) is 15.7. The molecular formula is C6H14OS2. The van der Waals surface area contributed by atoms with E-state index in [-0.39, 0.29) is 0 Å². The van der Waals surface area contributed by atoms with E-state index in [4.69, 9.17) is 5.11 Å². The van der Waals surface area contributed by atoms with Crippen LogP contribution in [0.3, 0.4) is 0 Å². The lowest BCUT2D eigenvalue weighted by Crippen LogP contribution is -1.70. The van der Waals surface area contributed by atoms with Crippen LogP contribution < -0.4 is 0 Å². The summed E-state index contributed by atoms with van der Waals surface area (Å²) in [5.41, 5.74) is 0.583. The van der Waals surface area contributed by atoms with Crippen LogP contribution >= 0.6 is 24.8 Å². The summed E-state index contributed by atoms with van der Waals surface area (Å²) in [6.45, 7) is 2.20. The van der Waals surface area contributed by atoms with Gasteiger partial charge in [0, 0.05) is 0 Å². The standard InChI is InChI=1S/C5H12S.CH2OS/c1-2-3-4-5-6;2-1-3/h6H,2-5H2,1H3;1H,(H,2,3). The Hall–Kier alpha value is 0.240. The molecule has 0 amide bonds. The molecule has 3 heteroatoms. The normalized spacial score (nSPS) is 7.33. The van der Waals surface area contributed by atoms with Crippen molar-refractivity contribution in [3.8, 4) is 0 Å². The molecule has 0 aliphatic heterocycles. The van der Waals surface area contributed by atoms with E-state index in [1.807, 2.05) is 0 Å². The molecule has 1 nitrogen and oxygen atoms in total. The van der Waals surface area contributed by atoms with Gasteiger partial charge in [0.25, 0.3) is 0 Å². The molecule has 56 valence electrons. The van der Waals surface area contributed by atoms with Gasteiger partial charge in [0.2, 0.25) is 0 Å². The quantitative estimate of drug-likeness (QED) is 0.382. The molecule has 0 radical (unpaired) electrons. The largest absolute Gasteiger partial charge is 0.504 e. The van der Waals surface area contributed by atoms with Crippen LogP contribution in [-0.2, 0) is 0 Å². The maximum atomic E-state index is 7.26. The molecule has 0 aliphatic carbocycles. The molecule has 0 aliphatic rings. The molecule has 0 unspecified atom stereocenters. The Morgan fingerprint density at radius 2 is 2.00 bits per heavy atom. The zero-order valence-electron chi connectivity index (χ0n) is 5.71. The van der Waals surface area contributed by atoms with E-state index in [9.17, 15) is 0 Å². The SMILES string of the molecule is CCCCCS.OC=S. The van der Waals surface area contributed by atoms with Gasteiger partial charge in [-0.05, 0) is 24.4 Å². The number of rotatable bonds is 3. The average molecular weight is 166 g/mol. The van der Waals surface area contributed by atoms with E-state index in [0.29, 0.717) is 5.55 Å². The van der Waals surface area contributed by atoms with E-state index in [2.05, 4.69) is 31.8 Å². The van der Waals surface area contributed by atoms with Gasteiger partial charge in [-0.15, -0.1) is 0 Å². The lowest BCUT2D eigenvalue weighted by Gasteiger charge is -1.85. The van der Waals surface area contributed by atoms with Crippen LogP contribution in [0, 0.1) is 0 Å². The van der Waals surface area contributed by atoms with Gasteiger partial charge in [0.05, 0.1) is 0 Å². The second-order valence-corrected chi connectivity index (χ2v) is 2.19. The molecular weight excluding hydrogens is 152 g/mol. The van der Waals surface area contributed by atoms with Crippen LogP contribution in [0.25, 0.3) is 0 Å². The Morgan fingerprint density at radius 1 is 1.56 bits per heavy atom. The molecule has 0 spiro atoms. The fourth-order valence-corrected chi connectivity index (χ4v) is 0.585. The number of thiol groups is 1. The molecule has 0 rings (SSSR count). The van der Waals surface area contributed by atoms with E-state index in [1.54, 1.807) is 0 Å². The minimum Gasteiger partial charge on any atom is -0.504 e. The van der Waals surface area contributed by atoms with Gasteiger partial charge in [-0.25, -0.2) is 0 Å². The van der Waals surface area contributed by atoms with Crippen molar-refractivity contribution in [2.24, 2.45) is 0 Å². The van der Waals surface area contributed by atoms with Gasteiger partial charge in [-0.2, -0.15) is 12.6 Å². The summed E-state index contributed by atoms with van der Waals surface area (Å²) in [6, 6.07) is 0. The topological polar surface area (TPSA) is 20.2 Å². The third kappa shape index (κ3) is 30.6. The van der Waals surface area contributed by atoms with Crippen molar-refractivity contribution < 1.29 is 5.11 Å². The monoisotopic (exact) mass is 166 g/mol. The summed E-state index contributed by atoms with van der Waals surface area (Å²) in [5, 5.41) is 7.26. The first-order chi connectivity index (χ1) is 4.33. The van der Waals surface area contributed by atoms with E-state index in [1.165, 1.54) is 19.3 Å². The van der Waals surface area contributed by atoms with Crippen molar-refractivity contribution in [2.45, 2.75) is 26.2 Å². The molecule has 0 saturated carbocycles. The summed E-state index contributed by atoms with van der Waals surface area (Å²) in [7, 11) is 0. The van der Waals surface area contributed by atoms with Crippen molar-refractivity contribution in [1.29, 1.82) is 0 Å². The third-order valence-corrected chi connectivity index (χ3v) is 1.08. The van der Waals surface area contributed by atoms with Crippen molar-refractivity contribution in [3.63, 3.8) is 0 Å². The number of thiocarbonyl (C=S) groups is 1. The highest BCUT2D eigenvalue weighted by Gasteiger charge is 1.75. The zero-order chi connectivity index (χ0) is 7.54. The molecule has 1 N–H and O–H groups in total. The minimum absolute atomic E-state index is 0.583. The van der Waals surface area contributed by atoms with Crippen LogP contribution in [0.2, 0.25) is 0 Å². The highest BCUT2D eigenvalue weighted by Crippen LogP contribution is 1.93. The fraction of sp³-hybridized carbons (Fsp3) is 0.833. The summed E-state index contributed by atoms with van der Waals surface area (Å²) >= 11 is 7.88. The first kappa shape index (κ1) is 12.0. The number of aliphatic hydroxyl groups is 1. The Kier molecular flexibility index (Phi) is 20.9. The van der Waals surface area contributed by atoms with E-state index in [0.717, 1.165) is 5.75 Å². The summed E-state index contributed by atoms with van der Waals surface area (Å²) in [6.07, 6.45) is 3.92.